The van der Waals surface area contributed by atoms with Crippen LogP contribution in [0.2, 0.25) is 0 Å². The Morgan fingerprint density at radius 1 is 1.11 bits per heavy atom. The molecule has 0 fully saturated rings. The lowest BCUT2D eigenvalue weighted by Crippen LogP contribution is -2.34. The summed E-state index contributed by atoms with van der Waals surface area (Å²) in [6, 6.07) is 15.3. The highest BCUT2D eigenvalue weighted by molar-refractivity contribution is 7.99. The lowest BCUT2D eigenvalue weighted by molar-refractivity contribution is -0.129. The summed E-state index contributed by atoms with van der Waals surface area (Å²) in [7, 11) is 0. The van der Waals surface area contributed by atoms with Crippen molar-refractivity contribution < 1.29 is 9.59 Å². The number of aryl methyl sites for hydroxylation is 2. The van der Waals surface area contributed by atoms with Crippen molar-refractivity contribution in [1.29, 1.82) is 0 Å². The van der Waals surface area contributed by atoms with E-state index in [2.05, 4.69) is 5.32 Å². The molecule has 0 saturated carbocycles. The molecule has 0 saturated heterocycles. The van der Waals surface area contributed by atoms with Gasteiger partial charge in [0.05, 0.1) is 23.4 Å². The third-order valence-corrected chi connectivity index (χ3v) is 8.36. The van der Waals surface area contributed by atoms with Crippen molar-refractivity contribution in [2.24, 2.45) is 0 Å². The number of thiophene rings is 1. The van der Waals surface area contributed by atoms with Crippen molar-refractivity contribution in [1.82, 2.24) is 14.5 Å². The van der Waals surface area contributed by atoms with Crippen molar-refractivity contribution in [3.8, 4) is 5.69 Å². The quantitative estimate of drug-likeness (QED) is 0.306. The standard InChI is InChI=1S/C27H26N4O3S2/c1-16-8-10-19(11-9-16)28-23(33)15-35-27-29-25-24(20-12-13-30(18(3)32)14-22(20)36-25)26(34)31(27)21-7-5-4-6-17(21)2/h4-11H,12-15H2,1-3H3,(H,28,33). The van der Waals surface area contributed by atoms with Crippen LogP contribution in [0.4, 0.5) is 5.69 Å². The summed E-state index contributed by atoms with van der Waals surface area (Å²) in [6.07, 6.45) is 0.630. The number of thioether (sulfide) groups is 1. The number of hydrogen-bond donors (Lipinski definition) is 1. The van der Waals surface area contributed by atoms with E-state index in [9.17, 15) is 14.4 Å². The zero-order valence-corrected chi connectivity index (χ0v) is 22.0. The SMILES string of the molecule is CC(=O)N1CCc2c(sc3nc(SCC(=O)Nc4ccc(C)cc4)n(-c4ccccc4C)c(=O)c23)C1. The molecule has 0 spiro atoms. The van der Waals surface area contributed by atoms with Crippen LogP contribution in [-0.2, 0) is 22.6 Å². The molecule has 2 aromatic carbocycles. The van der Waals surface area contributed by atoms with Gasteiger partial charge in [-0.05, 0) is 49.6 Å². The molecule has 0 radical (unpaired) electrons. The van der Waals surface area contributed by atoms with Gasteiger partial charge < -0.3 is 10.2 Å². The van der Waals surface area contributed by atoms with E-state index in [1.807, 2.05) is 62.4 Å². The van der Waals surface area contributed by atoms with E-state index in [-0.39, 0.29) is 23.1 Å². The average molecular weight is 519 g/mol. The van der Waals surface area contributed by atoms with Crippen LogP contribution in [0.1, 0.15) is 28.5 Å². The van der Waals surface area contributed by atoms with Gasteiger partial charge in [-0.2, -0.15) is 0 Å². The molecule has 3 heterocycles. The van der Waals surface area contributed by atoms with Crippen molar-refractivity contribution in [2.45, 2.75) is 38.9 Å². The second-order valence-corrected chi connectivity index (χ2v) is 10.9. The fourth-order valence-corrected chi connectivity index (χ4v) is 6.46. The van der Waals surface area contributed by atoms with Crippen molar-refractivity contribution in [2.75, 3.05) is 17.6 Å². The van der Waals surface area contributed by atoms with Gasteiger partial charge in [-0.3, -0.25) is 19.0 Å². The molecule has 2 aromatic heterocycles. The van der Waals surface area contributed by atoms with Gasteiger partial charge in [0.15, 0.2) is 5.16 Å². The first-order chi connectivity index (χ1) is 17.3. The number of amides is 2. The molecule has 1 N–H and O–H groups in total. The number of anilines is 1. The van der Waals surface area contributed by atoms with E-state index in [0.717, 1.165) is 32.9 Å². The van der Waals surface area contributed by atoms with Crippen LogP contribution in [0.5, 0.6) is 0 Å². The van der Waals surface area contributed by atoms with Crippen molar-refractivity contribution in [3.05, 3.63) is 80.5 Å². The fraction of sp³-hybridized carbons (Fsp3) is 0.259. The van der Waals surface area contributed by atoms with Gasteiger partial charge in [0, 0.05) is 24.0 Å². The number of fused-ring (bicyclic) bond motifs is 3. The minimum absolute atomic E-state index is 0.0271. The average Bonchev–Trinajstić information content (AvgIpc) is 3.23. The summed E-state index contributed by atoms with van der Waals surface area (Å²) in [5, 5.41) is 4.00. The minimum Gasteiger partial charge on any atom is -0.337 e. The normalized spacial score (nSPS) is 13.0. The van der Waals surface area contributed by atoms with E-state index in [0.29, 0.717) is 34.9 Å². The highest BCUT2D eigenvalue weighted by Crippen LogP contribution is 2.34. The smallest absolute Gasteiger partial charge is 0.267 e. The summed E-state index contributed by atoms with van der Waals surface area (Å²) in [4.78, 5) is 46.9. The van der Waals surface area contributed by atoms with Gasteiger partial charge in [-0.1, -0.05) is 47.7 Å². The van der Waals surface area contributed by atoms with Gasteiger partial charge in [0.1, 0.15) is 4.83 Å². The molecule has 2 amide bonds. The van der Waals surface area contributed by atoms with Gasteiger partial charge in [0.25, 0.3) is 5.56 Å². The van der Waals surface area contributed by atoms with Crippen LogP contribution in [0.25, 0.3) is 15.9 Å². The first kappa shape index (κ1) is 24.3. The molecule has 9 heteroatoms. The van der Waals surface area contributed by atoms with Crippen LogP contribution in [0.3, 0.4) is 0 Å². The van der Waals surface area contributed by atoms with Crippen LogP contribution < -0.4 is 10.9 Å². The summed E-state index contributed by atoms with van der Waals surface area (Å²) in [6.45, 7) is 6.61. The number of aromatic nitrogens is 2. The number of carbonyl (C=O) groups excluding carboxylic acids is 2. The molecule has 4 aromatic rings. The predicted octanol–water partition coefficient (Wildman–Crippen LogP) is 4.70. The summed E-state index contributed by atoms with van der Waals surface area (Å²) >= 11 is 2.71. The number of hydrogen-bond acceptors (Lipinski definition) is 6. The maximum absolute atomic E-state index is 14.0. The monoisotopic (exact) mass is 518 g/mol. The lowest BCUT2D eigenvalue weighted by atomic mass is 10.1. The van der Waals surface area contributed by atoms with Crippen LogP contribution in [-0.4, -0.2) is 38.6 Å². The highest BCUT2D eigenvalue weighted by Gasteiger charge is 2.27. The molecule has 36 heavy (non-hydrogen) atoms. The number of nitrogens with one attached hydrogen (secondary N) is 1. The van der Waals surface area contributed by atoms with E-state index >= 15 is 0 Å². The number of nitrogens with zero attached hydrogens (tertiary/aromatic N) is 3. The number of para-hydroxylation sites is 1. The lowest BCUT2D eigenvalue weighted by Gasteiger charge is -2.25. The molecule has 5 rings (SSSR count). The fourth-order valence-electron chi connectivity index (χ4n) is 4.38. The Morgan fingerprint density at radius 2 is 1.86 bits per heavy atom. The number of rotatable bonds is 5. The summed E-state index contributed by atoms with van der Waals surface area (Å²) in [5.41, 5.74) is 4.39. The Bertz CT molecular complexity index is 1540. The third kappa shape index (κ3) is 4.68. The van der Waals surface area contributed by atoms with E-state index in [4.69, 9.17) is 4.98 Å². The Kier molecular flexibility index (Phi) is 6.68. The largest absolute Gasteiger partial charge is 0.337 e. The second kappa shape index (κ2) is 9.91. The highest BCUT2D eigenvalue weighted by atomic mass is 32.2. The van der Waals surface area contributed by atoms with Crippen molar-refractivity contribution >= 4 is 50.8 Å². The zero-order chi connectivity index (χ0) is 25.4. The Labute approximate surface area is 217 Å². The van der Waals surface area contributed by atoms with Crippen molar-refractivity contribution in [3.63, 3.8) is 0 Å². The molecule has 7 nitrogen and oxygen atoms in total. The summed E-state index contributed by atoms with van der Waals surface area (Å²) in [5.74, 6) is -0.0303. The molecule has 184 valence electrons. The molecule has 0 aliphatic carbocycles. The van der Waals surface area contributed by atoms with Gasteiger partial charge in [-0.15, -0.1) is 11.3 Å². The third-order valence-electron chi connectivity index (χ3n) is 6.31. The van der Waals surface area contributed by atoms with Crippen LogP contribution in [0.15, 0.2) is 58.5 Å². The molecular formula is C27H26N4O3S2. The van der Waals surface area contributed by atoms with Crippen LogP contribution in [0, 0.1) is 13.8 Å². The van der Waals surface area contributed by atoms with E-state index in [1.54, 1.807) is 16.4 Å². The molecule has 1 aliphatic rings. The van der Waals surface area contributed by atoms with Gasteiger partial charge >= 0.3 is 0 Å². The molecular weight excluding hydrogens is 492 g/mol. The van der Waals surface area contributed by atoms with Crippen LogP contribution >= 0.6 is 23.1 Å². The predicted molar refractivity (Wildman–Crippen MR) is 145 cm³/mol. The van der Waals surface area contributed by atoms with Gasteiger partial charge in [-0.25, -0.2) is 4.98 Å². The molecule has 0 atom stereocenters. The first-order valence-electron chi connectivity index (χ1n) is 11.7. The molecule has 0 unspecified atom stereocenters. The summed E-state index contributed by atoms with van der Waals surface area (Å²) < 4.78 is 1.63. The number of benzene rings is 2. The van der Waals surface area contributed by atoms with Gasteiger partial charge in [0.2, 0.25) is 11.8 Å². The Morgan fingerprint density at radius 3 is 2.58 bits per heavy atom. The maximum atomic E-state index is 14.0. The minimum atomic E-state index is -0.169. The molecule has 0 bridgehead atoms. The maximum Gasteiger partial charge on any atom is 0.267 e. The molecule has 1 aliphatic heterocycles. The Balaban J connectivity index is 1.54. The van der Waals surface area contributed by atoms with E-state index in [1.165, 1.54) is 23.1 Å². The first-order valence-corrected chi connectivity index (χ1v) is 13.5. The number of carbonyl (C=O) groups is 2. The Hall–Kier alpha value is -3.43. The van der Waals surface area contributed by atoms with E-state index < -0.39 is 0 Å². The zero-order valence-electron chi connectivity index (χ0n) is 20.3. The second-order valence-electron chi connectivity index (χ2n) is 8.90. The topological polar surface area (TPSA) is 84.3 Å².